The Balaban J connectivity index is 1.54. The summed E-state index contributed by atoms with van der Waals surface area (Å²) in [7, 11) is 0. The van der Waals surface area contributed by atoms with E-state index in [-0.39, 0.29) is 11.4 Å². The molecule has 0 aliphatic heterocycles. The van der Waals surface area contributed by atoms with E-state index in [4.69, 9.17) is 16.3 Å². The molecule has 0 aliphatic rings. The lowest BCUT2D eigenvalue weighted by molar-refractivity contribution is -0.137. The van der Waals surface area contributed by atoms with Crippen molar-refractivity contribution >= 4 is 35.0 Å². The molecule has 0 saturated carbocycles. The van der Waals surface area contributed by atoms with E-state index in [1.807, 2.05) is 66.1 Å². The Morgan fingerprint density at radius 2 is 1.78 bits per heavy atom. The number of halogens is 4. The second-order valence-corrected chi connectivity index (χ2v) is 9.20. The van der Waals surface area contributed by atoms with Gasteiger partial charge in [-0.15, -0.1) is 10.2 Å². The average Bonchev–Trinajstić information content (AvgIpc) is 3.27. The highest BCUT2D eigenvalue weighted by atomic mass is 35.5. The summed E-state index contributed by atoms with van der Waals surface area (Å²) in [6, 6.07) is 20.4. The number of nitrogens with zero attached hydrogens (tertiary/aromatic N) is 3. The maximum atomic E-state index is 13.1. The van der Waals surface area contributed by atoms with Crippen LogP contribution in [0.15, 0.2) is 78.0 Å². The molecule has 6 nitrogen and oxygen atoms in total. The van der Waals surface area contributed by atoms with Crippen molar-refractivity contribution in [3.63, 3.8) is 0 Å². The highest BCUT2D eigenvalue weighted by molar-refractivity contribution is 7.99. The molecule has 192 valence electrons. The molecule has 4 aromatic rings. The van der Waals surface area contributed by atoms with Crippen LogP contribution in [0.25, 0.3) is 5.69 Å². The zero-order valence-electron chi connectivity index (χ0n) is 19.6. The van der Waals surface area contributed by atoms with Crippen molar-refractivity contribution in [3.05, 3.63) is 94.8 Å². The van der Waals surface area contributed by atoms with Crippen LogP contribution >= 0.6 is 23.4 Å². The van der Waals surface area contributed by atoms with Gasteiger partial charge in [0.05, 0.1) is 22.9 Å². The summed E-state index contributed by atoms with van der Waals surface area (Å²) in [4.78, 5) is 12.6. The molecular weight excluding hydrogens is 525 g/mol. The van der Waals surface area contributed by atoms with E-state index in [0.717, 1.165) is 40.9 Å². The van der Waals surface area contributed by atoms with Gasteiger partial charge < -0.3 is 10.1 Å². The molecule has 4 rings (SSSR count). The SMILES string of the molecule is CCOc1ccc(-n2c(Cc3ccccc3)nnc2SCC(=O)Nc2ccc(Cl)c(C(F)(F)F)c2)cc1. The number of anilines is 1. The Hall–Kier alpha value is -3.50. The summed E-state index contributed by atoms with van der Waals surface area (Å²) < 4.78 is 46.8. The number of thioether (sulfide) groups is 1. The maximum Gasteiger partial charge on any atom is 0.417 e. The van der Waals surface area contributed by atoms with Crippen molar-refractivity contribution < 1.29 is 22.7 Å². The van der Waals surface area contributed by atoms with E-state index in [0.29, 0.717) is 24.0 Å². The molecule has 0 atom stereocenters. The van der Waals surface area contributed by atoms with Crippen LogP contribution in [0.4, 0.5) is 18.9 Å². The molecule has 1 aromatic heterocycles. The lowest BCUT2D eigenvalue weighted by Crippen LogP contribution is -2.16. The smallest absolute Gasteiger partial charge is 0.417 e. The van der Waals surface area contributed by atoms with Crippen molar-refractivity contribution in [1.82, 2.24) is 14.8 Å². The Bertz CT molecular complexity index is 1360. The molecule has 1 heterocycles. The van der Waals surface area contributed by atoms with E-state index in [1.54, 1.807) is 0 Å². The number of hydrogen-bond acceptors (Lipinski definition) is 5. The Kier molecular flexibility index (Phi) is 8.40. The number of nitrogens with one attached hydrogen (secondary N) is 1. The normalized spacial score (nSPS) is 11.4. The number of carbonyl (C=O) groups is 1. The van der Waals surface area contributed by atoms with Crippen LogP contribution in [0.5, 0.6) is 5.75 Å². The van der Waals surface area contributed by atoms with Gasteiger partial charge in [0.2, 0.25) is 5.91 Å². The fourth-order valence-electron chi connectivity index (χ4n) is 3.55. The molecule has 37 heavy (non-hydrogen) atoms. The van der Waals surface area contributed by atoms with E-state index in [1.165, 1.54) is 6.07 Å². The number of hydrogen-bond donors (Lipinski definition) is 1. The van der Waals surface area contributed by atoms with E-state index >= 15 is 0 Å². The van der Waals surface area contributed by atoms with Crippen LogP contribution in [0.2, 0.25) is 5.02 Å². The first-order valence-electron chi connectivity index (χ1n) is 11.3. The van der Waals surface area contributed by atoms with Crippen LogP contribution in [-0.2, 0) is 17.4 Å². The van der Waals surface area contributed by atoms with Gasteiger partial charge >= 0.3 is 6.18 Å². The fraction of sp³-hybridized carbons (Fsp3) is 0.192. The van der Waals surface area contributed by atoms with Gasteiger partial charge in [-0.2, -0.15) is 13.2 Å². The lowest BCUT2D eigenvalue weighted by Gasteiger charge is -2.13. The number of rotatable bonds is 9. The zero-order chi connectivity index (χ0) is 26.4. The molecule has 0 aliphatic carbocycles. The van der Waals surface area contributed by atoms with E-state index in [9.17, 15) is 18.0 Å². The van der Waals surface area contributed by atoms with Crippen LogP contribution < -0.4 is 10.1 Å². The number of ether oxygens (including phenoxy) is 1. The molecule has 0 unspecified atom stereocenters. The number of aromatic nitrogens is 3. The third-order valence-corrected chi connectivity index (χ3v) is 6.46. The van der Waals surface area contributed by atoms with Gasteiger partial charge in [-0.1, -0.05) is 53.7 Å². The second kappa shape index (κ2) is 11.7. The lowest BCUT2D eigenvalue weighted by atomic mass is 10.1. The summed E-state index contributed by atoms with van der Waals surface area (Å²) >= 11 is 6.78. The van der Waals surface area contributed by atoms with Gasteiger partial charge in [0.15, 0.2) is 5.16 Å². The van der Waals surface area contributed by atoms with Crippen molar-refractivity contribution in [2.75, 3.05) is 17.7 Å². The minimum absolute atomic E-state index is 0.0000661. The van der Waals surface area contributed by atoms with Crippen molar-refractivity contribution in [2.24, 2.45) is 0 Å². The van der Waals surface area contributed by atoms with Gasteiger partial charge in [0.25, 0.3) is 0 Å². The van der Waals surface area contributed by atoms with Gasteiger partial charge in [0, 0.05) is 17.8 Å². The Morgan fingerprint density at radius 3 is 2.46 bits per heavy atom. The summed E-state index contributed by atoms with van der Waals surface area (Å²) in [5.74, 6) is 0.806. The molecule has 0 radical (unpaired) electrons. The summed E-state index contributed by atoms with van der Waals surface area (Å²) in [6.45, 7) is 2.44. The van der Waals surface area contributed by atoms with E-state index in [2.05, 4.69) is 15.5 Å². The minimum atomic E-state index is -4.63. The summed E-state index contributed by atoms with van der Waals surface area (Å²) in [5, 5.41) is 11.2. The molecule has 1 N–H and O–H groups in total. The maximum absolute atomic E-state index is 13.1. The predicted octanol–water partition coefficient (Wildman–Crippen LogP) is 6.66. The first kappa shape index (κ1) is 26.6. The second-order valence-electron chi connectivity index (χ2n) is 7.85. The molecular formula is C26H22ClF3N4O2S. The Labute approximate surface area is 220 Å². The van der Waals surface area contributed by atoms with Gasteiger partial charge in [0.1, 0.15) is 11.6 Å². The monoisotopic (exact) mass is 546 g/mol. The minimum Gasteiger partial charge on any atom is -0.494 e. The standard InChI is InChI=1S/C26H22ClF3N4O2S/c1-2-36-20-11-9-19(10-12-20)34-23(14-17-6-4-3-5-7-17)32-33-25(34)37-16-24(35)31-18-8-13-22(27)21(15-18)26(28,29)30/h3-13,15H,2,14,16H2,1H3,(H,31,35). The van der Waals surface area contributed by atoms with Gasteiger partial charge in [-0.25, -0.2) is 0 Å². The van der Waals surface area contributed by atoms with Gasteiger partial charge in [-0.3, -0.25) is 9.36 Å². The molecule has 3 aromatic carbocycles. The summed E-state index contributed by atoms with van der Waals surface area (Å²) in [6.07, 6.45) is -4.12. The number of alkyl halides is 3. The Morgan fingerprint density at radius 1 is 1.05 bits per heavy atom. The first-order chi connectivity index (χ1) is 17.7. The molecule has 0 saturated heterocycles. The quantitative estimate of drug-likeness (QED) is 0.238. The molecule has 1 amide bonds. The van der Waals surface area contributed by atoms with Crippen LogP contribution in [0, 0.1) is 0 Å². The molecule has 0 spiro atoms. The molecule has 0 fully saturated rings. The van der Waals surface area contributed by atoms with Crippen molar-refractivity contribution in [2.45, 2.75) is 24.7 Å². The fourth-order valence-corrected chi connectivity index (χ4v) is 4.55. The van der Waals surface area contributed by atoms with Crippen molar-refractivity contribution in [1.29, 1.82) is 0 Å². The highest BCUT2D eigenvalue weighted by Gasteiger charge is 2.33. The highest BCUT2D eigenvalue weighted by Crippen LogP contribution is 2.36. The number of carbonyl (C=O) groups excluding carboxylic acids is 1. The summed E-state index contributed by atoms with van der Waals surface area (Å²) in [5.41, 5.74) is 0.815. The third-order valence-electron chi connectivity index (χ3n) is 5.20. The largest absolute Gasteiger partial charge is 0.494 e. The molecule has 11 heteroatoms. The predicted molar refractivity (Wildman–Crippen MR) is 138 cm³/mol. The van der Waals surface area contributed by atoms with E-state index < -0.39 is 22.7 Å². The number of amides is 1. The zero-order valence-corrected chi connectivity index (χ0v) is 21.2. The third kappa shape index (κ3) is 6.84. The van der Waals surface area contributed by atoms with Crippen LogP contribution in [-0.4, -0.2) is 33.0 Å². The first-order valence-corrected chi connectivity index (χ1v) is 12.6. The topological polar surface area (TPSA) is 69.0 Å². The van der Waals surface area contributed by atoms with Gasteiger partial charge in [-0.05, 0) is 55.0 Å². The van der Waals surface area contributed by atoms with Crippen LogP contribution in [0.1, 0.15) is 23.9 Å². The molecule has 0 bridgehead atoms. The van der Waals surface area contributed by atoms with Crippen LogP contribution in [0.3, 0.4) is 0 Å². The van der Waals surface area contributed by atoms with Crippen molar-refractivity contribution in [3.8, 4) is 11.4 Å². The number of benzene rings is 3. The average molecular weight is 547 g/mol.